The Balaban J connectivity index is 1.64. The Bertz CT molecular complexity index is 851. The number of benzene rings is 2. The van der Waals surface area contributed by atoms with Crippen molar-refractivity contribution in [2.75, 3.05) is 31.9 Å². The number of carbonyl (C=O) groups is 1. The summed E-state index contributed by atoms with van der Waals surface area (Å²) in [5.74, 6) is 0.00808. The van der Waals surface area contributed by atoms with E-state index in [9.17, 15) is 13.2 Å². The van der Waals surface area contributed by atoms with Gasteiger partial charge in [-0.3, -0.25) is 4.79 Å². The van der Waals surface area contributed by atoms with E-state index in [2.05, 4.69) is 0 Å². The van der Waals surface area contributed by atoms with Gasteiger partial charge in [0.25, 0.3) is 0 Å². The summed E-state index contributed by atoms with van der Waals surface area (Å²) in [5, 5.41) is 0. The summed E-state index contributed by atoms with van der Waals surface area (Å²) < 4.78 is 27.0. The van der Waals surface area contributed by atoms with E-state index in [1.54, 1.807) is 47.4 Å². The highest BCUT2D eigenvalue weighted by Gasteiger charge is 2.28. The summed E-state index contributed by atoms with van der Waals surface area (Å²) in [7, 11) is -3.52. The molecule has 1 saturated heterocycles. The van der Waals surface area contributed by atoms with Crippen LogP contribution in [-0.2, 0) is 21.2 Å². The van der Waals surface area contributed by atoms with Crippen molar-refractivity contribution in [1.82, 2.24) is 9.21 Å². The van der Waals surface area contributed by atoms with Crippen LogP contribution in [0.1, 0.15) is 12.0 Å². The predicted octanol–water partition coefficient (Wildman–Crippen LogP) is 1.73. The first-order valence-electron chi connectivity index (χ1n) is 8.64. The Kier molecular flexibility index (Phi) is 5.58. The van der Waals surface area contributed by atoms with Gasteiger partial charge in [0, 0.05) is 31.9 Å². The number of hydrogen-bond acceptors (Lipinski definition) is 4. The van der Waals surface area contributed by atoms with Gasteiger partial charge in [-0.2, -0.15) is 4.31 Å². The summed E-state index contributed by atoms with van der Waals surface area (Å²) in [6.45, 7) is 1.70. The Morgan fingerprint density at radius 1 is 0.923 bits per heavy atom. The van der Waals surface area contributed by atoms with Crippen molar-refractivity contribution in [1.29, 1.82) is 0 Å². The van der Waals surface area contributed by atoms with Gasteiger partial charge < -0.3 is 10.6 Å². The first kappa shape index (κ1) is 18.4. The van der Waals surface area contributed by atoms with Gasteiger partial charge in [0.05, 0.1) is 11.3 Å². The van der Waals surface area contributed by atoms with Crippen LogP contribution in [0, 0.1) is 0 Å². The van der Waals surface area contributed by atoms with E-state index in [4.69, 9.17) is 5.73 Å². The number of amides is 1. The fraction of sp³-hybridized carbons (Fsp3) is 0.316. The number of nitrogens with zero attached hydrogens (tertiary/aromatic N) is 2. The van der Waals surface area contributed by atoms with Crippen LogP contribution in [0.4, 0.5) is 5.69 Å². The minimum Gasteiger partial charge on any atom is -0.399 e. The molecule has 0 aliphatic carbocycles. The van der Waals surface area contributed by atoms with Crippen molar-refractivity contribution >= 4 is 21.6 Å². The van der Waals surface area contributed by atoms with E-state index in [0.29, 0.717) is 49.6 Å². The molecule has 2 aromatic carbocycles. The number of sulfonamides is 1. The lowest BCUT2D eigenvalue weighted by molar-refractivity contribution is -0.130. The quantitative estimate of drug-likeness (QED) is 0.828. The molecule has 1 fully saturated rings. The second-order valence-corrected chi connectivity index (χ2v) is 8.31. The maximum atomic E-state index is 12.8. The number of nitrogens with two attached hydrogens (primary N) is 1. The minimum atomic E-state index is -3.52. The van der Waals surface area contributed by atoms with Crippen LogP contribution in [0.15, 0.2) is 59.5 Å². The summed E-state index contributed by atoms with van der Waals surface area (Å²) in [6.07, 6.45) is 0.922. The molecule has 3 rings (SSSR count). The molecular formula is C19H23N3O3S. The summed E-state index contributed by atoms with van der Waals surface area (Å²) in [6, 6.07) is 15.7. The summed E-state index contributed by atoms with van der Waals surface area (Å²) in [5.41, 5.74) is 7.24. The zero-order valence-electron chi connectivity index (χ0n) is 14.5. The molecule has 1 heterocycles. The van der Waals surface area contributed by atoms with Gasteiger partial charge in [-0.1, -0.05) is 30.3 Å². The first-order chi connectivity index (χ1) is 12.5. The molecule has 6 nitrogen and oxygen atoms in total. The van der Waals surface area contributed by atoms with Crippen LogP contribution >= 0.6 is 0 Å². The van der Waals surface area contributed by atoms with Gasteiger partial charge in [0.15, 0.2) is 0 Å². The third kappa shape index (κ3) is 4.23. The second kappa shape index (κ2) is 7.88. The predicted molar refractivity (Wildman–Crippen MR) is 101 cm³/mol. The Morgan fingerprint density at radius 3 is 2.31 bits per heavy atom. The highest BCUT2D eigenvalue weighted by Crippen LogP contribution is 2.18. The molecule has 0 saturated carbocycles. The number of nitrogen functional groups attached to an aromatic ring is 1. The van der Waals surface area contributed by atoms with Gasteiger partial charge in [0.2, 0.25) is 15.9 Å². The lowest BCUT2D eigenvalue weighted by Crippen LogP contribution is -2.37. The van der Waals surface area contributed by atoms with Crippen LogP contribution in [-0.4, -0.2) is 49.7 Å². The number of carbonyl (C=O) groups excluding carboxylic acids is 1. The van der Waals surface area contributed by atoms with E-state index < -0.39 is 10.0 Å². The SMILES string of the molecule is Nc1ccc(CC(=O)N2CCCN(S(=O)(=O)c3ccccc3)CC2)cc1. The van der Waals surface area contributed by atoms with Gasteiger partial charge in [-0.05, 0) is 36.2 Å². The number of rotatable bonds is 4. The zero-order valence-corrected chi connectivity index (χ0v) is 15.4. The third-order valence-corrected chi connectivity index (χ3v) is 6.44. The van der Waals surface area contributed by atoms with Gasteiger partial charge in [-0.25, -0.2) is 8.42 Å². The van der Waals surface area contributed by atoms with Gasteiger partial charge in [-0.15, -0.1) is 0 Å². The maximum Gasteiger partial charge on any atom is 0.243 e. The van der Waals surface area contributed by atoms with E-state index >= 15 is 0 Å². The normalized spacial score (nSPS) is 16.2. The molecule has 7 heteroatoms. The fourth-order valence-electron chi connectivity index (χ4n) is 3.05. The molecular weight excluding hydrogens is 350 g/mol. The van der Waals surface area contributed by atoms with Crippen LogP contribution in [0.25, 0.3) is 0 Å². The van der Waals surface area contributed by atoms with Gasteiger partial charge >= 0.3 is 0 Å². The van der Waals surface area contributed by atoms with E-state index in [1.165, 1.54) is 4.31 Å². The number of hydrogen-bond donors (Lipinski definition) is 1. The molecule has 0 bridgehead atoms. The summed E-state index contributed by atoms with van der Waals surface area (Å²) in [4.78, 5) is 14.6. The van der Waals surface area contributed by atoms with Crippen molar-refractivity contribution < 1.29 is 13.2 Å². The van der Waals surface area contributed by atoms with Crippen molar-refractivity contribution in [2.45, 2.75) is 17.7 Å². The molecule has 26 heavy (non-hydrogen) atoms. The van der Waals surface area contributed by atoms with Crippen LogP contribution in [0.3, 0.4) is 0 Å². The lowest BCUT2D eigenvalue weighted by Gasteiger charge is -2.22. The van der Waals surface area contributed by atoms with E-state index in [0.717, 1.165) is 5.56 Å². The van der Waals surface area contributed by atoms with Crippen LogP contribution < -0.4 is 5.73 Å². The average molecular weight is 373 g/mol. The van der Waals surface area contributed by atoms with Crippen LogP contribution in [0.2, 0.25) is 0 Å². The molecule has 0 spiro atoms. The Labute approximate surface area is 154 Å². The van der Waals surface area contributed by atoms with E-state index in [1.807, 2.05) is 12.1 Å². The third-order valence-electron chi connectivity index (χ3n) is 4.52. The summed E-state index contributed by atoms with van der Waals surface area (Å²) >= 11 is 0. The molecule has 0 unspecified atom stereocenters. The van der Waals surface area contributed by atoms with Crippen molar-refractivity contribution in [3.05, 3.63) is 60.2 Å². The maximum absolute atomic E-state index is 12.8. The van der Waals surface area contributed by atoms with E-state index in [-0.39, 0.29) is 5.91 Å². The largest absolute Gasteiger partial charge is 0.399 e. The Morgan fingerprint density at radius 2 is 1.62 bits per heavy atom. The molecule has 1 aliphatic rings. The topological polar surface area (TPSA) is 83.7 Å². The molecule has 138 valence electrons. The number of anilines is 1. The van der Waals surface area contributed by atoms with Crippen molar-refractivity contribution in [3.8, 4) is 0 Å². The minimum absolute atomic E-state index is 0.00808. The lowest BCUT2D eigenvalue weighted by atomic mass is 10.1. The highest BCUT2D eigenvalue weighted by molar-refractivity contribution is 7.89. The highest BCUT2D eigenvalue weighted by atomic mass is 32.2. The second-order valence-electron chi connectivity index (χ2n) is 6.37. The Hall–Kier alpha value is -2.38. The molecule has 1 amide bonds. The average Bonchev–Trinajstić information content (AvgIpc) is 2.91. The standard InChI is InChI=1S/C19H23N3O3S/c20-17-9-7-16(8-10-17)15-19(23)21-11-4-12-22(14-13-21)26(24,25)18-5-2-1-3-6-18/h1-3,5-10H,4,11-15,20H2. The monoisotopic (exact) mass is 373 g/mol. The molecule has 0 radical (unpaired) electrons. The molecule has 2 N–H and O–H groups in total. The van der Waals surface area contributed by atoms with Crippen molar-refractivity contribution in [2.24, 2.45) is 0 Å². The molecule has 0 atom stereocenters. The van der Waals surface area contributed by atoms with Gasteiger partial charge in [0.1, 0.15) is 0 Å². The first-order valence-corrected chi connectivity index (χ1v) is 10.1. The van der Waals surface area contributed by atoms with Crippen molar-refractivity contribution in [3.63, 3.8) is 0 Å². The molecule has 2 aromatic rings. The molecule has 0 aromatic heterocycles. The molecule has 1 aliphatic heterocycles. The zero-order chi connectivity index (χ0) is 18.6. The van der Waals surface area contributed by atoms with Crippen LogP contribution in [0.5, 0.6) is 0 Å². The smallest absolute Gasteiger partial charge is 0.243 e. The fourth-order valence-corrected chi connectivity index (χ4v) is 4.54.